The fraction of sp³-hybridized carbons (Fsp3) is 0.867. The molecule has 1 aliphatic rings. The molecule has 0 aromatic carbocycles. The first kappa shape index (κ1) is 15.8. The van der Waals surface area contributed by atoms with Gasteiger partial charge in [-0.25, -0.2) is 0 Å². The van der Waals surface area contributed by atoms with Crippen molar-refractivity contribution in [1.29, 1.82) is 0 Å². The summed E-state index contributed by atoms with van der Waals surface area (Å²) in [6, 6.07) is 0. The normalized spacial score (nSPS) is 23.4. The van der Waals surface area contributed by atoms with Crippen molar-refractivity contribution in [3.8, 4) is 0 Å². The molecule has 1 N–H and O–H groups in total. The molecule has 1 atom stereocenters. The molecule has 0 bridgehead atoms. The monoisotopic (exact) mass is 297 g/mol. The summed E-state index contributed by atoms with van der Waals surface area (Å²) in [7, 11) is 0. The van der Waals surface area contributed by atoms with Gasteiger partial charge >= 0.3 is 0 Å². The molecule has 2 rings (SSSR count). The summed E-state index contributed by atoms with van der Waals surface area (Å²) in [6.45, 7) is 8.78. The smallest absolute Gasteiger partial charge is 0.234 e. The van der Waals surface area contributed by atoms with E-state index >= 15 is 0 Å². The fourth-order valence-corrected chi connectivity index (χ4v) is 3.75. The first-order valence-corrected chi connectivity index (χ1v) is 8.93. The van der Waals surface area contributed by atoms with E-state index in [0.717, 1.165) is 55.6 Å². The highest BCUT2D eigenvalue weighted by Crippen LogP contribution is 2.34. The lowest BCUT2D eigenvalue weighted by atomic mass is 9.77. The number of aromatic nitrogens is 2. The van der Waals surface area contributed by atoms with Gasteiger partial charge in [0.25, 0.3) is 0 Å². The van der Waals surface area contributed by atoms with Gasteiger partial charge in [-0.1, -0.05) is 32.3 Å². The van der Waals surface area contributed by atoms with Gasteiger partial charge in [0.1, 0.15) is 0 Å². The zero-order valence-electron chi connectivity index (χ0n) is 12.9. The summed E-state index contributed by atoms with van der Waals surface area (Å²) < 4.78 is 5.60. The molecule has 0 amide bonds. The van der Waals surface area contributed by atoms with Gasteiger partial charge in [0.2, 0.25) is 5.89 Å². The van der Waals surface area contributed by atoms with Crippen molar-refractivity contribution in [2.24, 2.45) is 5.92 Å². The molecule has 114 valence electrons. The number of piperidine rings is 1. The Bertz CT molecular complexity index is 394. The van der Waals surface area contributed by atoms with Gasteiger partial charge in [0, 0.05) is 6.54 Å². The topological polar surface area (TPSA) is 51.0 Å². The highest BCUT2D eigenvalue weighted by atomic mass is 32.2. The van der Waals surface area contributed by atoms with Crippen LogP contribution in [0.25, 0.3) is 0 Å². The molecule has 0 aliphatic carbocycles. The summed E-state index contributed by atoms with van der Waals surface area (Å²) in [4.78, 5) is 4.68. The van der Waals surface area contributed by atoms with Crippen molar-refractivity contribution in [3.05, 3.63) is 11.7 Å². The van der Waals surface area contributed by atoms with Crippen molar-refractivity contribution < 1.29 is 4.52 Å². The third-order valence-electron chi connectivity index (χ3n) is 3.80. The van der Waals surface area contributed by atoms with Gasteiger partial charge < -0.3 is 9.84 Å². The summed E-state index contributed by atoms with van der Waals surface area (Å²) in [6.07, 6.45) is 4.64. The highest BCUT2D eigenvalue weighted by Gasteiger charge is 2.38. The quantitative estimate of drug-likeness (QED) is 0.836. The van der Waals surface area contributed by atoms with Crippen LogP contribution in [0.5, 0.6) is 0 Å². The Morgan fingerprint density at radius 1 is 1.45 bits per heavy atom. The van der Waals surface area contributed by atoms with E-state index in [-0.39, 0.29) is 5.41 Å². The molecule has 1 unspecified atom stereocenters. The second kappa shape index (κ2) is 7.46. The van der Waals surface area contributed by atoms with Crippen LogP contribution in [0.2, 0.25) is 0 Å². The van der Waals surface area contributed by atoms with E-state index in [0.29, 0.717) is 5.92 Å². The minimum absolute atomic E-state index is 0.0704. The Kier molecular flexibility index (Phi) is 5.90. The van der Waals surface area contributed by atoms with Crippen molar-refractivity contribution in [2.75, 3.05) is 18.8 Å². The molecule has 1 aromatic heterocycles. The maximum Gasteiger partial charge on any atom is 0.234 e. The van der Waals surface area contributed by atoms with Gasteiger partial charge in [-0.05, 0) is 37.5 Å². The van der Waals surface area contributed by atoms with Crippen molar-refractivity contribution >= 4 is 11.8 Å². The fourth-order valence-electron chi connectivity index (χ4n) is 2.86. The Balaban J connectivity index is 2.01. The molecule has 0 radical (unpaired) electrons. The number of rotatable bonds is 7. The molecule has 0 spiro atoms. The molecule has 1 aromatic rings. The van der Waals surface area contributed by atoms with Gasteiger partial charge in [-0.2, -0.15) is 16.7 Å². The maximum absolute atomic E-state index is 5.60. The third-order valence-corrected chi connectivity index (χ3v) is 5.17. The largest absolute Gasteiger partial charge is 0.339 e. The van der Waals surface area contributed by atoms with Crippen molar-refractivity contribution in [1.82, 2.24) is 15.5 Å². The average molecular weight is 297 g/mol. The number of hydrogen-bond donors (Lipinski definition) is 1. The molecule has 1 saturated heterocycles. The Hall–Kier alpha value is -0.550. The molecule has 20 heavy (non-hydrogen) atoms. The lowest BCUT2D eigenvalue weighted by molar-refractivity contribution is 0.213. The van der Waals surface area contributed by atoms with Crippen LogP contribution < -0.4 is 5.32 Å². The lowest BCUT2D eigenvalue weighted by Gasteiger charge is -2.34. The number of nitrogens with zero attached hydrogens (tertiary/aromatic N) is 2. The summed E-state index contributed by atoms with van der Waals surface area (Å²) >= 11 is 1.89. The van der Waals surface area contributed by atoms with Crippen LogP contribution in [0.1, 0.15) is 58.2 Å². The van der Waals surface area contributed by atoms with E-state index in [1.54, 1.807) is 0 Å². The minimum Gasteiger partial charge on any atom is -0.339 e. The van der Waals surface area contributed by atoms with Crippen LogP contribution in [0, 0.1) is 5.92 Å². The van der Waals surface area contributed by atoms with Gasteiger partial charge in [-0.3, -0.25) is 0 Å². The average Bonchev–Trinajstić information content (AvgIpc) is 2.89. The number of hydrogen-bond acceptors (Lipinski definition) is 5. The number of nitrogens with one attached hydrogen (secondary N) is 1. The molecule has 1 fully saturated rings. The maximum atomic E-state index is 5.60. The molecule has 0 saturated carbocycles. The molecule has 1 aliphatic heterocycles. The standard InChI is InChI=1S/C15H27N3OS/c1-4-6-15(7-5-8-16-11-15)14-17-13(18-19-14)10-20-9-12(2)3/h12,16H,4-11H2,1-3H3. The lowest BCUT2D eigenvalue weighted by Crippen LogP contribution is -2.43. The van der Waals surface area contributed by atoms with E-state index in [2.05, 4.69) is 36.2 Å². The van der Waals surface area contributed by atoms with E-state index in [4.69, 9.17) is 4.52 Å². The van der Waals surface area contributed by atoms with Crippen LogP contribution >= 0.6 is 11.8 Å². The first-order valence-electron chi connectivity index (χ1n) is 7.78. The van der Waals surface area contributed by atoms with E-state index < -0.39 is 0 Å². The van der Waals surface area contributed by atoms with Crippen LogP contribution in [-0.4, -0.2) is 29.0 Å². The molecule has 4 nitrogen and oxygen atoms in total. The van der Waals surface area contributed by atoms with Crippen LogP contribution in [0.15, 0.2) is 4.52 Å². The first-order chi connectivity index (χ1) is 9.66. The summed E-state index contributed by atoms with van der Waals surface area (Å²) in [5.74, 6) is 4.42. The molecular formula is C15H27N3OS. The third kappa shape index (κ3) is 3.98. The van der Waals surface area contributed by atoms with Gasteiger partial charge in [-0.15, -0.1) is 0 Å². The minimum atomic E-state index is 0.0704. The predicted molar refractivity (Wildman–Crippen MR) is 84.0 cm³/mol. The van der Waals surface area contributed by atoms with Gasteiger partial charge in [0.05, 0.1) is 11.2 Å². The van der Waals surface area contributed by atoms with Crippen molar-refractivity contribution in [3.63, 3.8) is 0 Å². The Morgan fingerprint density at radius 2 is 2.30 bits per heavy atom. The van der Waals surface area contributed by atoms with E-state index in [9.17, 15) is 0 Å². The van der Waals surface area contributed by atoms with Crippen molar-refractivity contribution in [2.45, 2.75) is 57.6 Å². The highest BCUT2D eigenvalue weighted by molar-refractivity contribution is 7.98. The van der Waals surface area contributed by atoms with E-state index in [1.807, 2.05) is 11.8 Å². The predicted octanol–water partition coefficient (Wildman–Crippen LogP) is 3.38. The second-order valence-corrected chi connectivity index (χ2v) is 7.27. The SMILES string of the molecule is CCCC1(c2nc(CSCC(C)C)no2)CCCNC1. The summed E-state index contributed by atoms with van der Waals surface area (Å²) in [5, 5.41) is 7.67. The zero-order chi connectivity index (χ0) is 14.4. The zero-order valence-corrected chi connectivity index (χ0v) is 13.8. The molecule has 5 heteroatoms. The second-order valence-electron chi connectivity index (χ2n) is 6.24. The summed E-state index contributed by atoms with van der Waals surface area (Å²) in [5.41, 5.74) is 0.0704. The number of thioether (sulfide) groups is 1. The Labute approximate surface area is 126 Å². The van der Waals surface area contributed by atoms with Crippen LogP contribution in [0.3, 0.4) is 0 Å². The Morgan fingerprint density at radius 3 is 2.95 bits per heavy atom. The van der Waals surface area contributed by atoms with Crippen LogP contribution in [-0.2, 0) is 11.2 Å². The van der Waals surface area contributed by atoms with Gasteiger partial charge in [0.15, 0.2) is 5.82 Å². The molecular weight excluding hydrogens is 270 g/mol. The van der Waals surface area contributed by atoms with E-state index in [1.165, 1.54) is 6.42 Å². The molecule has 2 heterocycles. The van der Waals surface area contributed by atoms with Crippen LogP contribution in [0.4, 0.5) is 0 Å².